The van der Waals surface area contributed by atoms with Gasteiger partial charge in [0.2, 0.25) is 0 Å². The highest BCUT2D eigenvalue weighted by molar-refractivity contribution is 6.10. The molecule has 0 saturated carbocycles. The first-order valence-electron chi connectivity index (χ1n) is 6.45. The molecule has 0 spiro atoms. The fourth-order valence-corrected chi connectivity index (χ4v) is 2.26. The van der Waals surface area contributed by atoms with E-state index in [9.17, 15) is 4.79 Å². The Hall–Kier alpha value is -2.61. The average molecular weight is 262 g/mol. The highest BCUT2D eigenvalue weighted by Crippen LogP contribution is 2.20. The molecule has 0 fully saturated rings. The lowest BCUT2D eigenvalue weighted by Crippen LogP contribution is -2.01. The van der Waals surface area contributed by atoms with E-state index in [1.807, 2.05) is 54.6 Å². The van der Waals surface area contributed by atoms with Gasteiger partial charge >= 0.3 is 0 Å². The molecule has 0 aliphatic rings. The van der Waals surface area contributed by atoms with Gasteiger partial charge in [-0.2, -0.15) is 0 Å². The molecule has 0 atom stereocenters. The Morgan fingerprint density at radius 1 is 0.800 bits per heavy atom. The van der Waals surface area contributed by atoms with Crippen LogP contribution < -0.4 is 4.74 Å². The fraction of sp³-hybridized carbons (Fsp3) is 0.0556. The Balaban J connectivity index is 2.03. The molecule has 20 heavy (non-hydrogen) atoms. The molecule has 0 N–H and O–H groups in total. The number of methoxy groups -OCH3 is 1. The maximum atomic E-state index is 12.5. The number of fused-ring (bicyclic) bond motifs is 1. The van der Waals surface area contributed by atoms with Crippen molar-refractivity contribution in [2.75, 3.05) is 7.11 Å². The zero-order valence-electron chi connectivity index (χ0n) is 11.2. The van der Waals surface area contributed by atoms with Gasteiger partial charge in [0.25, 0.3) is 0 Å². The van der Waals surface area contributed by atoms with Gasteiger partial charge in [-0.1, -0.05) is 48.5 Å². The van der Waals surface area contributed by atoms with Crippen LogP contribution in [0, 0.1) is 0 Å². The number of ketones is 1. The van der Waals surface area contributed by atoms with Gasteiger partial charge in [0.05, 0.1) is 7.11 Å². The molecule has 0 radical (unpaired) electrons. The van der Waals surface area contributed by atoms with Crippen LogP contribution in [0.4, 0.5) is 0 Å². The van der Waals surface area contributed by atoms with E-state index >= 15 is 0 Å². The molecule has 0 unspecified atom stereocenters. The van der Waals surface area contributed by atoms with Crippen molar-refractivity contribution >= 4 is 16.6 Å². The first-order valence-corrected chi connectivity index (χ1v) is 6.45. The molecule has 3 aromatic carbocycles. The van der Waals surface area contributed by atoms with E-state index in [2.05, 4.69) is 0 Å². The number of benzene rings is 3. The Bertz CT molecular complexity index is 775. The van der Waals surface area contributed by atoms with Crippen LogP contribution in [0.25, 0.3) is 10.8 Å². The minimum absolute atomic E-state index is 0.00894. The van der Waals surface area contributed by atoms with Crippen LogP contribution >= 0.6 is 0 Å². The summed E-state index contributed by atoms with van der Waals surface area (Å²) in [5.74, 6) is 0.700. The number of carbonyl (C=O) groups excluding carboxylic acids is 1. The number of ether oxygens (including phenoxy) is 1. The molecule has 0 saturated heterocycles. The summed E-state index contributed by atoms with van der Waals surface area (Å²) in [4.78, 5) is 12.5. The van der Waals surface area contributed by atoms with E-state index in [4.69, 9.17) is 4.74 Å². The van der Waals surface area contributed by atoms with Gasteiger partial charge in [0.1, 0.15) is 5.75 Å². The zero-order valence-corrected chi connectivity index (χ0v) is 11.2. The molecule has 98 valence electrons. The zero-order chi connectivity index (χ0) is 13.9. The summed E-state index contributed by atoms with van der Waals surface area (Å²) in [6, 6.07) is 21.0. The maximum absolute atomic E-state index is 12.5. The summed E-state index contributed by atoms with van der Waals surface area (Å²) in [5, 5.41) is 2.20. The van der Waals surface area contributed by atoms with Gasteiger partial charge < -0.3 is 4.74 Å². The van der Waals surface area contributed by atoms with E-state index in [0.717, 1.165) is 10.8 Å². The predicted molar refractivity (Wildman–Crippen MR) is 80.4 cm³/mol. The summed E-state index contributed by atoms with van der Waals surface area (Å²) in [6.07, 6.45) is 0. The van der Waals surface area contributed by atoms with Crippen LogP contribution in [-0.2, 0) is 0 Å². The highest BCUT2D eigenvalue weighted by Gasteiger charge is 2.10. The van der Waals surface area contributed by atoms with E-state index < -0.39 is 0 Å². The summed E-state index contributed by atoms with van der Waals surface area (Å²) >= 11 is 0. The van der Waals surface area contributed by atoms with Crippen LogP contribution in [0.5, 0.6) is 5.75 Å². The Morgan fingerprint density at radius 3 is 2.35 bits per heavy atom. The summed E-state index contributed by atoms with van der Waals surface area (Å²) in [6.45, 7) is 0. The molecule has 2 heteroatoms. The van der Waals surface area contributed by atoms with Crippen LogP contribution in [0.1, 0.15) is 15.9 Å². The predicted octanol–water partition coefficient (Wildman–Crippen LogP) is 4.08. The molecular weight excluding hydrogens is 248 g/mol. The molecule has 0 heterocycles. The largest absolute Gasteiger partial charge is 0.497 e. The van der Waals surface area contributed by atoms with Gasteiger partial charge in [-0.05, 0) is 29.0 Å². The Morgan fingerprint density at radius 2 is 1.55 bits per heavy atom. The van der Waals surface area contributed by atoms with Crippen LogP contribution in [0.3, 0.4) is 0 Å². The molecule has 0 amide bonds. The monoisotopic (exact) mass is 262 g/mol. The molecule has 0 aliphatic carbocycles. The summed E-state index contributed by atoms with van der Waals surface area (Å²) < 4.78 is 5.16. The fourth-order valence-electron chi connectivity index (χ4n) is 2.26. The second-order valence-electron chi connectivity index (χ2n) is 4.62. The van der Waals surface area contributed by atoms with Crippen molar-refractivity contribution in [2.24, 2.45) is 0 Å². The van der Waals surface area contributed by atoms with Crippen LogP contribution in [0.2, 0.25) is 0 Å². The molecular formula is C18H14O2. The maximum Gasteiger partial charge on any atom is 0.193 e. The smallest absolute Gasteiger partial charge is 0.193 e. The van der Waals surface area contributed by atoms with Crippen molar-refractivity contribution in [1.82, 2.24) is 0 Å². The van der Waals surface area contributed by atoms with E-state index in [0.29, 0.717) is 16.9 Å². The van der Waals surface area contributed by atoms with E-state index in [-0.39, 0.29) is 5.78 Å². The number of hydrogen-bond acceptors (Lipinski definition) is 2. The van der Waals surface area contributed by atoms with Crippen molar-refractivity contribution in [1.29, 1.82) is 0 Å². The lowest BCUT2D eigenvalue weighted by molar-refractivity contribution is 0.103. The standard InChI is InChI=1S/C18H14O2/c1-20-17-8-4-7-15(12-17)18(19)16-10-9-13-5-2-3-6-14(13)11-16/h2-12H,1H3. The lowest BCUT2D eigenvalue weighted by atomic mass is 10.00. The van der Waals surface area contributed by atoms with Crippen LogP contribution in [0.15, 0.2) is 66.7 Å². The SMILES string of the molecule is COc1cccc(C(=O)c2ccc3ccccc3c2)c1. The number of carbonyl (C=O) groups is 1. The molecule has 0 bridgehead atoms. The van der Waals surface area contributed by atoms with Crippen molar-refractivity contribution in [2.45, 2.75) is 0 Å². The van der Waals surface area contributed by atoms with E-state index in [1.54, 1.807) is 19.2 Å². The third kappa shape index (κ3) is 2.28. The van der Waals surface area contributed by atoms with Crippen molar-refractivity contribution in [3.63, 3.8) is 0 Å². The highest BCUT2D eigenvalue weighted by atomic mass is 16.5. The lowest BCUT2D eigenvalue weighted by Gasteiger charge is -2.05. The second kappa shape index (κ2) is 5.17. The van der Waals surface area contributed by atoms with Crippen LogP contribution in [-0.4, -0.2) is 12.9 Å². The van der Waals surface area contributed by atoms with Gasteiger partial charge in [-0.3, -0.25) is 4.79 Å². The second-order valence-corrected chi connectivity index (χ2v) is 4.62. The molecule has 3 aromatic rings. The average Bonchev–Trinajstić information content (AvgIpc) is 2.53. The Kier molecular flexibility index (Phi) is 3.21. The van der Waals surface area contributed by atoms with Gasteiger partial charge in [0.15, 0.2) is 5.78 Å². The van der Waals surface area contributed by atoms with Gasteiger partial charge in [-0.15, -0.1) is 0 Å². The first kappa shape index (κ1) is 12.4. The molecule has 0 aliphatic heterocycles. The van der Waals surface area contributed by atoms with Crippen molar-refractivity contribution in [3.05, 3.63) is 77.9 Å². The van der Waals surface area contributed by atoms with Crippen molar-refractivity contribution in [3.8, 4) is 5.75 Å². The third-order valence-electron chi connectivity index (χ3n) is 3.34. The summed E-state index contributed by atoms with van der Waals surface area (Å²) in [7, 11) is 1.60. The van der Waals surface area contributed by atoms with E-state index in [1.165, 1.54) is 0 Å². The number of hydrogen-bond donors (Lipinski definition) is 0. The minimum Gasteiger partial charge on any atom is -0.497 e. The van der Waals surface area contributed by atoms with Crippen molar-refractivity contribution < 1.29 is 9.53 Å². The number of rotatable bonds is 3. The third-order valence-corrected chi connectivity index (χ3v) is 3.34. The minimum atomic E-state index is 0.00894. The quantitative estimate of drug-likeness (QED) is 0.665. The van der Waals surface area contributed by atoms with Gasteiger partial charge in [0, 0.05) is 11.1 Å². The Labute approximate surface area is 117 Å². The molecule has 2 nitrogen and oxygen atoms in total. The normalized spacial score (nSPS) is 10.4. The topological polar surface area (TPSA) is 26.3 Å². The molecule has 0 aromatic heterocycles. The molecule has 3 rings (SSSR count). The first-order chi connectivity index (χ1) is 9.78. The summed E-state index contributed by atoms with van der Waals surface area (Å²) in [5.41, 5.74) is 1.33. The van der Waals surface area contributed by atoms with Gasteiger partial charge in [-0.25, -0.2) is 0 Å².